The predicted octanol–water partition coefficient (Wildman–Crippen LogP) is 2.31. The van der Waals surface area contributed by atoms with E-state index in [9.17, 15) is 9.59 Å². The van der Waals surface area contributed by atoms with Crippen LogP contribution in [0.1, 0.15) is 45.6 Å². The molecule has 0 saturated carbocycles. The number of carbonyl (C=O) groups is 2. The number of anilines is 1. The van der Waals surface area contributed by atoms with Crippen molar-refractivity contribution < 1.29 is 19.1 Å². The fourth-order valence-corrected chi connectivity index (χ4v) is 4.63. The molecular weight excluding hydrogens is 444 g/mol. The largest absolute Gasteiger partial charge is 0.381 e. The molecular formula is C22H24N6O4S. The molecule has 3 aromatic rings. The number of carbonyl (C=O) groups excluding carboxylic acids is 2. The first-order valence-corrected chi connectivity index (χ1v) is 11.8. The van der Waals surface area contributed by atoms with Gasteiger partial charge in [0.2, 0.25) is 0 Å². The lowest BCUT2D eigenvalue weighted by Gasteiger charge is -2.22. The summed E-state index contributed by atoms with van der Waals surface area (Å²) in [4.78, 5) is 34.7. The Balaban J connectivity index is 1.46. The van der Waals surface area contributed by atoms with Gasteiger partial charge in [-0.25, -0.2) is 4.98 Å². The standard InChI is InChI=1S/C22H24N6O4S/c29-20-18-13-33-22(26-18)14-1-5-23-15(11-14)2-7-32-10-6-24-21(30)19-17(25-20)12-28(27-19)16-3-8-31-9-4-16/h1,5,11-13,16H,2-4,6-10H2,(H,24,30)(H,25,29). The summed E-state index contributed by atoms with van der Waals surface area (Å²) in [6.07, 6.45) is 5.69. The van der Waals surface area contributed by atoms with E-state index in [2.05, 4.69) is 25.7 Å². The monoisotopic (exact) mass is 468 g/mol. The third-order valence-corrected chi connectivity index (χ3v) is 6.49. The van der Waals surface area contributed by atoms with Gasteiger partial charge in [0.25, 0.3) is 11.8 Å². The third-order valence-electron chi connectivity index (χ3n) is 5.60. The molecule has 1 saturated heterocycles. The van der Waals surface area contributed by atoms with Crippen LogP contribution in [0.2, 0.25) is 0 Å². The van der Waals surface area contributed by atoms with Crippen molar-refractivity contribution in [3.05, 3.63) is 47.0 Å². The highest BCUT2D eigenvalue weighted by atomic mass is 32.1. The zero-order valence-electron chi connectivity index (χ0n) is 18.0. The molecule has 2 N–H and O–H groups in total. The summed E-state index contributed by atoms with van der Waals surface area (Å²) in [6.45, 7) is 2.47. The number of nitrogens with one attached hydrogen (secondary N) is 2. The van der Waals surface area contributed by atoms with E-state index in [1.165, 1.54) is 11.3 Å². The summed E-state index contributed by atoms with van der Waals surface area (Å²) in [5.41, 5.74) is 2.59. The van der Waals surface area contributed by atoms with E-state index >= 15 is 0 Å². The average Bonchev–Trinajstić information content (AvgIpc) is 3.49. The Bertz CT molecular complexity index is 1150. The Morgan fingerprint density at radius 1 is 1.09 bits per heavy atom. The van der Waals surface area contributed by atoms with Crippen molar-refractivity contribution in [2.45, 2.75) is 25.3 Å². The molecule has 33 heavy (non-hydrogen) atoms. The van der Waals surface area contributed by atoms with Crippen molar-refractivity contribution >= 4 is 28.8 Å². The number of nitrogens with zero attached hydrogens (tertiary/aromatic N) is 4. The van der Waals surface area contributed by atoms with E-state index in [1.807, 2.05) is 12.1 Å². The van der Waals surface area contributed by atoms with Gasteiger partial charge in [-0.3, -0.25) is 19.3 Å². The van der Waals surface area contributed by atoms with Gasteiger partial charge in [-0.1, -0.05) is 0 Å². The van der Waals surface area contributed by atoms with Crippen LogP contribution in [0.3, 0.4) is 0 Å². The minimum atomic E-state index is -0.389. The quantitative estimate of drug-likeness (QED) is 0.562. The first-order chi connectivity index (χ1) is 16.2. The molecule has 11 heteroatoms. The van der Waals surface area contributed by atoms with Gasteiger partial charge in [0, 0.05) is 55.2 Å². The zero-order valence-corrected chi connectivity index (χ0v) is 18.8. The summed E-state index contributed by atoms with van der Waals surface area (Å²) in [6, 6.07) is 3.95. The smallest absolute Gasteiger partial charge is 0.275 e. The molecule has 0 spiro atoms. The molecule has 0 aromatic carbocycles. The van der Waals surface area contributed by atoms with Crippen LogP contribution >= 0.6 is 11.3 Å². The maximum Gasteiger partial charge on any atom is 0.275 e. The Labute approximate surface area is 194 Å². The number of fused-ring (bicyclic) bond motifs is 6. The summed E-state index contributed by atoms with van der Waals surface area (Å²) >= 11 is 1.38. The van der Waals surface area contributed by atoms with Gasteiger partial charge in [-0.05, 0) is 25.0 Å². The predicted molar refractivity (Wildman–Crippen MR) is 121 cm³/mol. The highest BCUT2D eigenvalue weighted by Gasteiger charge is 2.24. The van der Waals surface area contributed by atoms with Gasteiger partial charge in [0.15, 0.2) is 5.69 Å². The van der Waals surface area contributed by atoms with Crippen LogP contribution in [0, 0.1) is 0 Å². The van der Waals surface area contributed by atoms with Crippen LogP contribution in [0.25, 0.3) is 10.6 Å². The fraction of sp³-hybridized carbons (Fsp3) is 0.409. The molecule has 0 unspecified atom stereocenters. The van der Waals surface area contributed by atoms with Gasteiger partial charge in [-0.2, -0.15) is 5.10 Å². The number of pyridine rings is 1. The number of thiazole rings is 1. The summed E-state index contributed by atoms with van der Waals surface area (Å²) in [5, 5.41) is 12.6. The topological polar surface area (TPSA) is 120 Å². The maximum atomic E-state index is 13.0. The average molecular weight is 469 g/mol. The van der Waals surface area contributed by atoms with Crippen LogP contribution in [0.5, 0.6) is 0 Å². The summed E-state index contributed by atoms with van der Waals surface area (Å²) in [7, 11) is 0. The fourth-order valence-electron chi connectivity index (χ4n) is 3.83. The SMILES string of the molecule is O=C1Nc2cn(C3CCOCC3)nc2C(=O)NCCOCCc2cc(ccn2)-c2nc1cs2. The van der Waals surface area contributed by atoms with E-state index in [1.54, 1.807) is 22.5 Å². The van der Waals surface area contributed by atoms with Gasteiger partial charge < -0.3 is 20.1 Å². The Morgan fingerprint density at radius 3 is 2.82 bits per heavy atom. The second-order valence-electron chi connectivity index (χ2n) is 7.86. The molecule has 4 bridgehead atoms. The maximum absolute atomic E-state index is 13.0. The molecule has 0 aliphatic carbocycles. The van der Waals surface area contributed by atoms with Crippen molar-refractivity contribution in [2.24, 2.45) is 0 Å². The van der Waals surface area contributed by atoms with Gasteiger partial charge >= 0.3 is 0 Å². The highest BCUT2D eigenvalue weighted by Crippen LogP contribution is 2.27. The number of hydrogen-bond acceptors (Lipinski definition) is 8. The highest BCUT2D eigenvalue weighted by molar-refractivity contribution is 7.13. The molecule has 2 aliphatic rings. The number of amides is 2. The van der Waals surface area contributed by atoms with Crippen LogP contribution in [0.4, 0.5) is 5.69 Å². The summed E-state index contributed by atoms with van der Waals surface area (Å²) < 4.78 is 12.9. The van der Waals surface area contributed by atoms with Crippen molar-refractivity contribution in [2.75, 3.05) is 38.3 Å². The first kappa shape index (κ1) is 21.7. The second kappa shape index (κ2) is 9.77. The molecule has 0 radical (unpaired) electrons. The van der Waals surface area contributed by atoms with Gasteiger partial charge in [-0.15, -0.1) is 11.3 Å². The molecule has 10 nitrogen and oxygen atoms in total. The van der Waals surface area contributed by atoms with Crippen LogP contribution in [0.15, 0.2) is 29.9 Å². The Hall–Kier alpha value is -3.15. The normalized spacial score (nSPS) is 18.2. The molecule has 3 aromatic heterocycles. The van der Waals surface area contributed by atoms with Crippen LogP contribution < -0.4 is 10.6 Å². The Kier molecular flexibility index (Phi) is 6.42. The van der Waals surface area contributed by atoms with Crippen molar-refractivity contribution in [1.29, 1.82) is 0 Å². The Morgan fingerprint density at radius 2 is 1.94 bits per heavy atom. The second-order valence-corrected chi connectivity index (χ2v) is 8.72. The molecule has 0 atom stereocenters. The van der Waals surface area contributed by atoms with Crippen molar-refractivity contribution in [3.8, 4) is 10.6 Å². The molecule has 1 fully saturated rings. The van der Waals surface area contributed by atoms with Crippen LogP contribution in [-0.4, -0.2) is 64.5 Å². The first-order valence-electron chi connectivity index (χ1n) is 10.9. The van der Waals surface area contributed by atoms with E-state index in [0.29, 0.717) is 45.1 Å². The molecule has 5 rings (SSSR count). The lowest BCUT2D eigenvalue weighted by molar-refractivity contribution is 0.0660. The van der Waals surface area contributed by atoms with Gasteiger partial charge in [0.1, 0.15) is 10.7 Å². The van der Waals surface area contributed by atoms with Crippen LogP contribution in [-0.2, 0) is 15.9 Å². The van der Waals surface area contributed by atoms with E-state index < -0.39 is 0 Å². The van der Waals surface area contributed by atoms with E-state index in [0.717, 1.165) is 29.1 Å². The zero-order chi connectivity index (χ0) is 22.6. The minimum absolute atomic E-state index is 0.115. The van der Waals surface area contributed by atoms with Gasteiger partial charge in [0.05, 0.1) is 24.9 Å². The molecule has 5 heterocycles. The molecule has 2 aliphatic heterocycles. The van der Waals surface area contributed by atoms with E-state index in [-0.39, 0.29) is 29.2 Å². The van der Waals surface area contributed by atoms with Crippen molar-refractivity contribution in [3.63, 3.8) is 0 Å². The lowest BCUT2D eigenvalue weighted by Crippen LogP contribution is -2.29. The number of hydrogen-bond donors (Lipinski definition) is 2. The molecule has 172 valence electrons. The number of aromatic nitrogens is 4. The summed E-state index contributed by atoms with van der Waals surface area (Å²) in [5.74, 6) is -0.753. The third kappa shape index (κ3) is 4.95. The minimum Gasteiger partial charge on any atom is -0.381 e. The number of ether oxygens (including phenoxy) is 2. The van der Waals surface area contributed by atoms with E-state index in [4.69, 9.17) is 9.47 Å². The molecule has 2 amide bonds. The van der Waals surface area contributed by atoms with Crippen molar-refractivity contribution in [1.82, 2.24) is 25.1 Å². The number of rotatable bonds is 1. The lowest BCUT2D eigenvalue weighted by atomic mass is 10.1.